The molecule has 1 aromatic heterocycles. The summed E-state index contributed by atoms with van der Waals surface area (Å²) in [4.78, 5) is 24.4. The van der Waals surface area contributed by atoms with Crippen LogP contribution in [0.1, 0.15) is 50.2 Å². The molecule has 0 aliphatic heterocycles. The van der Waals surface area contributed by atoms with E-state index in [1.54, 1.807) is 24.3 Å². The molecular formula is C27H20F3KN2O3. The van der Waals surface area contributed by atoms with E-state index in [1.165, 1.54) is 24.3 Å². The molecule has 3 aromatic carbocycles. The number of carbonyl (C=O) groups is 2. The minimum Gasteiger partial charge on any atom is -0.545 e. The van der Waals surface area contributed by atoms with Gasteiger partial charge in [0, 0.05) is 18.1 Å². The third-order valence-electron chi connectivity index (χ3n) is 6.44. The van der Waals surface area contributed by atoms with Crippen molar-refractivity contribution in [2.75, 3.05) is 0 Å². The Morgan fingerprint density at radius 1 is 0.944 bits per heavy atom. The smallest absolute Gasteiger partial charge is 0.545 e. The fourth-order valence-corrected chi connectivity index (χ4v) is 4.39. The molecule has 1 saturated carbocycles. The molecule has 5 nitrogen and oxygen atoms in total. The number of alkyl halides is 3. The molecule has 0 unspecified atom stereocenters. The molecule has 0 saturated heterocycles. The van der Waals surface area contributed by atoms with Crippen LogP contribution in [-0.4, -0.2) is 16.4 Å². The van der Waals surface area contributed by atoms with Gasteiger partial charge in [0.2, 0.25) is 0 Å². The van der Waals surface area contributed by atoms with Crippen molar-refractivity contribution >= 4 is 22.8 Å². The maximum absolute atomic E-state index is 13.4. The summed E-state index contributed by atoms with van der Waals surface area (Å²) in [5, 5.41) is 15.0. The van der Waals surface area contributed by atoms with E-state index in [1.807, 2.05) is 22.9 Å². The third kappa shape index (κ3) is 5.30. The summed E-state index contributed by atoms with van der Waals surface area (Å²) < 4.78 is 40.5. The fraction of sp³-hybridized carbons (Fsp3) is 0.185. The SMILES string of the molecule is O=C([O-])c1ccc(C2(NC(=O)c3cccc4ccn(Cc5ccc(C(F)(F)F)cc5)c34)CC2)cc1.[K+]. The number of para-hydroxylation sites is 1. The number of amides is 1. The molecule has 0 bridgehead atoms. The second-order valence-electron chi connectivity index (χ2n) is 8.78. The zero-order chi connectivity index (χ0) is 24.8. The molecule has 1 amide bonds. The van der Waals surface area contributed by atoms with Crippen LogP contribution in [0.3, 0.4) is 0 Å². The molecule has 0 radical (unpaired) electrons. The molecule has 1 heterocycles. The molecule has 36 heavy (non-hydrogen) atoms. The number of hydrogen-bond acceptors (Lipinski definition) is 3. The average Bonchev–Trinajstić information content (AvgIpc) is 3.50. The second-order valence-corrected chi connectivity index (χ2v) is 8.78. The van der Waals surface area contributed by atoms with Crippen LogP contribution in [-0.2, 0) is 18.3 Å². The van der Waals surface area contributed by atoms with Crippen molar-refractivity contribution in [3.63, 3.8) is 0 Å². The van der Waals surface area contributed by atoms with Gasteiger partial charge < -0.3 is 19.8 Å². The molecule has 178 valence electrons. The van der Waals surface area contributed by atoms with E-state index in [0.717, 1.165) is 35.9 Å². The summed E-state index contributed by atoms with van der Waals surface area (Å²) in [7, 11) is 0. The third-order valence-corrected chi connectivity index (χ3v) is 6.44. The predicted molar refractivity (Wildman–Crippen MR) is 122 cm³/mol. The van der Waals surface area contributed by atoms with Gasteiger partial charge >= 0.3 is 57.6 Å². The molecular weight excluding hydrogens is 496 g/mol. The van der Waals surface area contributed by atoms with Crippen molar-refractivity contribution in [1.82, 2.24) is 9.88 Å². The molecule has 1 aliphatic carbocycles. The molecule has 0 spiro atoms. The van der Waals surface area contributed by atoms with Crippen LogP contribution in [0.25, 0.3) is 10.9 Å². The summed E-state index contributed by atoms with van der Waals surface area (Å²) in [5.74, 6) is -1.53. The van der Waals surface area contributed by atoms with Crippen LogP contribution in [0, 0.1) is 0 Å². The first-order valence-electron chi connectivity index (χ1n) is 11.0. The quantitative estimate of drug-likeness (QED) is 0.395. The maximum atomic E-state index is 13.4. The van der Waals surface area contributed by atoms with Crippen LogP contribution >= 0.6 is 0 Å². The Bertz CT molecular complexity index is 1420. The van der Waals surface area contributed by atoms with Gasteiger partial charge in [0.1, 0.15) is 0 Å². The zero-order valence-corrected chi connectivity index (χ0v) is 22.6. The first kappa shape index (κ1) is 26.6. The van der Waals surface area contributed by atoms with E-state index in [-0.39, 0.29) is 62.9 Å². The number of halogens is 3. The normalized spacial score (nSPS) is 14.2. The minimum absolute atomic E-state index is 0. The number of benzene rings is 3. The van der Waals surface area contributed by atoms with Crippen molar-refractivity contribution < 1.29 is 79.3 Å². The van der Waals surface area contributed by atoms with Gasteiger partial charge in [-0.05, 0) is 53.8 Å². The summed E-state index contributed by atoms with van der Waals surface area (Å²) in [6.45, 7) is 0.307. The average molecular weight is 517 g/mol. The number of fused-ring (bicyclic) bond motifs is 1. The van der Waals surface area contributed by atoms with Gasteiger partial charge in [-0.3, -0.25) is 4.79 Å². The van der Waals surface area contributed by atoms with Crippen molar-refractivity contribution in [3.05, 3.63) is 107 Å². The molecule has 9 heteroatoms. The van der Waals surface area contributed by atoms with E-state index in [2.05, 4.69) is 5.32 Å². The second kappa shape index (κ2) is 10.1. The number of carboxylic acid groups (broad SMARTS) is 1. The van der Waals surface area contributed by atoms with Crippen LogP contribution in [0.2, 0.25) is 0 Å². The first-order chi connectivity index (χ1) is 16.7. The van der Waals surface area contributed by atoms with Crippen molar-refractivity contribution in [1.29, 1.82) is 0 Å². The Morgan fingerprint density at radius 3 is 2.19 bits per heavy atom. The molecule has 1 fully saturated rings. The summed E-state index contributed by atoms with van der Waals surface area (Å²) in [6, 6.07) is 18.5. The number of hydrogen-bond donors (Lipinski definition) is 1. The van der Waals surface area contributed by atoms with Crippen molar-refractivity contribution in [2.24, 2.45) is 0 Å². The van der Waals surface area contributed by atoms with Gasteiger partial charge in [-0.15, -0.1) is 0 Å². The van der Waals surface area contributed by atoms with Gasteiger partial charge in [-0.2, -0.15) is 13.2 Å². The number of nitrogens with one attached hydrogen (secondary N) is 1. The molecule has 4 aromatic rings. The number of nitrogens with zero attached hydrogens (tertiary/aromatic N) is 1. The number of aromatic carboxylic acids is 1. The minimum atomic E-state index is -4.40. The van der Waals surface area contributed by atoms with Gasteiger partial charge in [0.25, 0.3) is 5.91 Å². The number of rotatable bonds is 6. The van der Waals surface area contributed by atoms with Crippen LogP contribution in [0.4, 0.5) is 13.2 Å². The Hall–Kier alpha value is -2.43. The zero-order valence-electron chi connectivity index (χ0n) is 19.4. The first-order valence-corrected chi connectivity index (χ1v) is 11.0. The Kier molecular flexibility index (Phi) is 7.50. The Balaban J connectivity index is 0.00000304. The Labute approximate surface area is 247 Å². The van der Waals surface area contributed by atoms with E-state index in [0.29, 0.717) is 23.2 Å². The van der Waals surface area contributed by atoms with Crippen molar-refractivity contribution in [2.45, 2.75) is 31.1 Å². The standard InChI is InChI=1S/C27H21F3N2O3.K/c28-27(29,30)21-8-4-17(5-9-21)16-32-15-12-18-2-1-3-22(23(18)32)24(33)31-26(13-14-26)20-10-6-19(7-11-20)25(34)35;/h1-12,15H,13-14,16H2,(H,31,33)(H,34,35);/q;+1/p-1. The van der Waals surface area contributed by atoms with Crippen LogP contribution in [0.5, 0.6) is 0 Å². The molecule has 1 N–H and O–H groups in total. The van der Waals surface area contributed by atoms with E-state index in [4.69, 9.17) is 0 Å². The molecule has 1 aliphatic rings. The van der Waals surface area contributed by atoms with Gasteiger partial charge in [-0.1, -0.05) is 48.5 Å². The van der Waals surface area contributed by atoms with Crippen molar-refractivity contribution in [3.8, 4) is 0 Å². The van der Waals surface area contributed by atoms with Gasteiger partial charge in [-0.25, -0.2) is 0 Å². The van der Waals surface area contributed by atoms with Crippen LogP contribution < -0.4 is 61.8 Å². The van der Waals surface area contributed by atoms with Gasteiger partial charge in [0.15, 0.2) is 0 Å². The fourth-order valence-electron chi connectivity index (χ4n) is 4.39. The molecule has 5 rings (SSSR count). The summed E-state index contributed by atoms with van der Waals surface area (Å²) >= 11 is 0. The van der Waals surface area contributed by atoms with E-state index in [9.17, 15) is 27.9 Å². The van der Waals surface area contributed by atoms with Crippen LogP contribution in [0.15, 0.2) is 79.0 Å². The summed E-state index contributed by atoms with van der Waals surface area (Å²) in [5.41, 5.74) is 1.45. The largest absolute Gasteiger partial charge is 1.00 e. The molecule has 0 atom stereocenters. The topological polar surface area (TPSA) is 74.2 Å². The monoisotopic (exact) mass is 516 g/mol. The predicted octanol–water partition coefficient (Wildman–Crippen LogP) is 1.49. The number of carbonyl (C=O) groups excluding carboxylic acids is 2. The number of carboxylic acids is 1. The summed E-state index contributed by atoms with van der Waals surface area (Å²) in [6.07, 6.45) is -1.13. The maximum Gasteiger partial charge on any atom is 1.00 e. The van der Waals surface area contributed by atoms with E-state index >= 15 is 0 Å². The van der Waals surface area contributed by atoms with E-state index < -0.39 is 23.2 Å². The Morgan fingerprint density at radius 2 is 1.61 bits per heavy atom. The van der Waals surface area contributed by atoms with Gasteiger partial charge in [0.05, 0.1) is 28.2 Å². The number of aromatic nitrogens is 1.